The van der Waals surface area contributed by atoms with Crippen molar-refractivity contribution in [1.29, 1.82) is 0 Å². The number of ether oxygens (including phenoxy) is 1. The quantitative estimate of drug-likeness (QED) is 0.132. The van der Waals surface area contributed by atoms with Crippen molar-refractivity contribution in [2.45, 2.75) is 43.0 Å². The molecular formula is C28H25N3O2S3. The molecule has 0 unspecified atom stereocenters. The number of hydrogen-bond donors (Lipinski definition) is 0. The fourth-order valence-corrected chi connectivity index (χ4v) is 7.78. The maximum absolute atomic E-state index is 14.0. The molecular weight excluding hydrogens is 507 g/mol. The van der Waals surface area contributed by atoms with E-state index in [2.05, 4.69) is 17.5 Å². The highest BCUT2D eigenvalue weighted by molar-refractivity contribution is 7.98. The summed E-state index contributed by atoms with van der Waals surface area (Å²) < 4.78 is 7.11. The Hall–Kier alpha value is -2.94. The summed E-state index contributed by atoms with van der Waals surface area (Å²) in [5.74, 6) is 1.40. The zero-order valence-corrected chi connectivity index (χ0v) is 22.3. The first-order valence-corrected chi connectivity index (χ1v) is 14.7. The van der Waals surface area contributed by atoms with Gasteiger partial charge in [0.15, 0.2) is 5.16 Å². The van der Waals surface area contributed by atoms with E-state index in [1.807, 2.05) is 42.5 Å². The number of nitrogens with zero attached hydrogens (tertiary/aromatic N) is 3. The smallest absolute Gasteiger partial charge is 0.267 e. The molecule has 0 saturated carbocycles. The average molecular weight is 532 g/mol. The van der Waals surface area contributed by atoms with Crippen molar-refractivity contribution in [3.63, 3.8) is 0 Å². The van der Waals surface area contributed by atoms with Crippen LogP contribution in [0.4, 0.5) is 0 Å². The number of thioether (sulfide) groups is 1. The number of methoxy groups -OCH3 is 1. The molecule has 1 aliphatic rings. The molecule has 6 rings (SSSR count). The highest BCUT2D eigenvalue weighted by atomic mass is 32.2. The van der Waals surface area contributed by atoms with E-state index in [-0.39, 0.29) is 5.56 Å². The largest absolute Gasteiger partial charge is 0.497 e. The van der Waals surface area contributed by atoms with Gasteiger partial charge in [-0.2, -0.15) is 0 Å². The van der Waals surface area contributed by atoms with Crippen molar-refractivity contribution in [3.8, 4) is 22.0 Å². The first-order chi connectivity index (χ1) is 17.7. The molecule has 0 atom stereocenters. The Labute approximate surface area is 221 Å². The molecule has 0 radical (unpaired) electrons. The van der Waals surface area contributed by atoms with E-state index in [9.17, 15) is 4.79 Å². The summed E-state index contributed by atoms with van der Waals surface area (Å²) in [6, 6.07) is 17.9. The lowest BCUT2D eigenvalue weighted by molar-refractivity contribution is 0.414. The Kier molecular flexibility index (Phi) is 6.65. The average Bonchev–Trinajstić information content (AvgIpc) is 3.46. The van der Waals surface area contributed by atoms with Gasteiger partial charge in [0, 0.05) is 21.6 Å². The van der Waals surface area contributed by atoms with Crippen LogP contribution in [-0.4, -0.2) is 21.6 Å². The number of benzene rings is 2. The van der Waals surface area contributed by atoms with E-state index < -0.39 is 0 Å². The molecule has 0 spiro atoms. The number of rotatable bonds is 6. The van der Waals surface area contributed by atoms with Gasteiger partial charge in [0.1, 0.15) is 15.6 Å². The third kappa shape index (κ3) is 4.49. The topological polar surface area (TPSA) is 57.0 Å². The minimum absolute atomic E-state index is 0.0234. The molecule has 8 heteroatoms. The summed E-state index contributed by atoms with van der Waals surface area (Å²) in [7, 11) is 1.65. The van der Waals surface area contributed by atoms with Crippen molar-refractivity contribution >= 4 is 44.7 Å². The van der Waals surface area contributed by atoms with Gasteiger partial charge in [0.2, 0.25) is 0 Å². The van der Waals surface area contributed by atoms with Gasteiger partial charge in [0.25, 0.3) is 5.56 Å². The molecule has 3 aromatic heterocycles. The molecule has 0 aliphatic heterocycles. The summed E-state index contributed by atoms with van der Waals surface area (Å²) in [6.45, 7) is 0. The number of thiazole rings is 1. The van der Waals surface area contributed by atoms with Crippen LogP contribution in [0, 0.1) is 0 Å². The van der Waals surface area contributed by atoms with Crippen LogP contribution in [0.3, 0.4) is 0 Å². The number of fused-ring (bicyclic) bond motifs is 3. The fraction of sp³-hybridized carbons (Fsp3) is 0.250. The SMILES string of the molecule is COc1ccc(-n2c(SCc3csc(-c4ccccc4)n3)nc3sc4c(c3c2=O)CCCCC4)cc1. The molecule has 36 heavy (non-hydrogen) atoms. The van der Waals surface area contributed by atoms with Crippen LogP contribution >= 0.6 is 34.4 Å². The molecule has 2 aromatic carbocycles. The zero-order chi connectivity index (χ0) is 24.5. The number of aryl methyl sites for hydroxylation is 2. The first kappa shape index (κ1) is 23.5. The van der Waals surface area contributed by atoms with Crippen LogP contribution in [0.5, 0.6) is 5.75 Å². The third-order valence-corrected chi connectivity index (χ3v) is 9.56. The van der Waals surface area contributed by atoms with E-state index in [1.165, 1.54) is 23.3 Å². The summed E-state index contributed by atoms with van der Waals surface area (Å²) in [6.07, 6.45) is 5.53. The van der Waals surface area contributed by atoms with Crippen LogP contribution in [0.2, 0.25) is 0 Å². The minimum Gasteiger partial charge on any atom is -0.497 e. The van der Waals surface area contributed by atoms with Crippen molar-refractivity contribution in [2.24, 2.45) is 0 Å². The van der Waals surface area contributed by atoms with E-state index in [4.69, 9.17) is 14.7 Å². The Morgan fingerprint density at radius 3 is 2.61 bits per heavy atom. The van der Waals surface area contributed by atoms with E-state index in [0.717, 1.165) is 57.2 Å². The summed E-state index contributed by atoms with van der Waals surface area (Å²) in [5, 5.41) is 4.60. The molecule has 0 saturated heterocycles. The molecule has 182 valence electrons. The molecule has 0 amide bonds. The summed E-state index contributed by atoms with van der Waals surface area (Å²) >= 11 is 4.91. The number of thiophene rings is 1. The normalized spacial score (nSPS) is 13.5. The Morgan fingerprint density at radius 2 is 1.81 bits per heavy atom. The molecule has 5 nitrogen and oxygen atoms in total. The lowest BCUT2D eigenvalue weighted by Crippen LogP contribution is -2.22. The van der Waals surface area contributed by atoms with Crippen molar-refractivity contribution in [2.75, 3.05) is 7.11 Å². The number of aromatic nitrogens is 3. The molecule has 1 aliphatic carbocycles. The fourth-order valence-electron chi connectivity index (χ4n) is 4.64. The minimum atomic E-state index is 0.0234. The van der Waals surface area contributed by atoms with Crippen LogP contribution in [0.25, 0.3) is 26.5 Å². The van der Waals surface area contributed by atoms with Gasteiger partial charge in [-0.25, -0.2) is 9.97 Å². The second-order valence-corrected chi connectivity index (χ2v) is 11.7. The van der Waals surface area contributed by atoms with Gasteiger partial charge in [-0.1, -0.05) is 48.5 Å². The predicted octanol–water partition coefficient (Wildman–Crippen LogP) is 7.14. The second-order valence-electron chi connectivity index (χ2n) is 8.78. The Balaban J connectivity index is 1.41. The highest BCUT2D eigenvalue weighted by Crippen LogP contribution is 2.35. The van der Waals surface area contributed by atoms with Gasteiger partial charge in [-0.3, -0.25) is 9.36 Å². The van der Waals surface area contributed by atoms with Crippen molar-refractivity contribution in [1.82, 2.24) is 14.5 Å². The molecule has 0 N–H and O–H groups in total. The third-order valence-electron chi connectivity index (χ3n) is 6.46. The van der Waals surface area contributed by atoms with Gasteiger partial charge in [-0.05, 0) is 55.5 Å². The standard InChI is InChI=1S/C28H25N3O2S3/c1-33-21-14-12-20(13-15-21)31-27(32)24-22-10-6-3-7-11-23(22)36-26(24)30-28(31)35-17-19-16-34-25(29-19)18-8-4-2-5-9-18/h2,4-5,8-9,12-16H,3,6-7,10-11,17H2,1H3. The molecule has 0 bridgehead atoms. The highest BCUT2D eigenvalue weighted by Gasteiger charge is 2.22. The van der Waals surface area contributed by atoms with Gasteiger partial charge in [0.05, 0.1) is 23.9 Å². The van der Waals surface area contributed by atoms with E-state index in [0.29, 0.717) is 10.9 Å². The van der Waals surface area contributed by atoms with Crippen LogP contribution in [0.15, 0.2) is 69.9 Å². The lowest BCUT2D eigenvalue weighted by Gasteiger charge is -2.13. The summed E-state index contributed by atoms with van der Waals surface area (Å²) in [4.78, 5) is 26.1. The van der Waals surface area contributed by atoms with Crippen molar-refractivity contribution < 1.29 is 4.74 Å². The first-order valence-electron chi connectivity index (χ1n) is 12.1. The van der Waals surface area contributed by atoms with Gasteiger partial charge < -0.3 is 4.74 Å². The molecule has 5 aromatic rings. The van der Waals surface area contributed by atoms with Gasteiger partial charge in [-0.15, -0.1) is 22.7 Å². The van der Waals surface area contributed by atoms with E-state index >= 15 is 0 Å². The Bertz CT molecular complexity index is 1570. The van der Waals surface area contributed by atoms with Gasteiger partial charge >= 0.3 is 0 Å². The van der Waals surface area contributed by atoms with Crippen LogP contribution in [0.1, 0.15) is 35.4 Å². The van der Waals surface area contributed by atoms with E-state index in [1.54, 1.807) is 46.1 Å². The van der Waals surface area contributed by atoms with Crippen LogP contribution in [-0.2, 0) is 18.6 Å². The second kappa shape index (κ2) is 10.2. The summed E-state index contributed by atoms with van der Waals surface area (Å²) in [5.41, 5.74) is 4.15. The monoisotopic (exact) mass is 531 g/mol. The molecule has 0 fully saturated rings. The lowest BCUT2D eigenvalue weighted by atomic mass is 10.1. The number of hydrogen-bond acceptors (Lipinski definition) is 7. The predicted molar refractivity (Wildman–Crippen MR) is 150 cm³/mol. The zero-order valence-electron chi connectivity index (χ0n) is 19.9. The maximum Gasteiger partial charge on any atom is 0.267 e. The van der Waals surface area contributed by atoms with Crippen LogP contribution < -0.4 is 10.3 Å². The Morgan fingerprint density at radius 1 is 1.00 bits per heavy atom. The molecule has 3 heterocycles. The van der Waals surface area contributed by atoms with Crippen molar-refractivity contribution in [3.05, 3.63) is 86.5 Å². The maximum atomic E-state index is 14.0.